The first-order valence-electron chi connectivity index (χ1n) is 8.82. The summed E-state index contributed by atoms with van der Waals surface area (Å²) in [5.74, 6) is 1.25. The second kappa shape index (κ2) is 8.52. The first-order valence-corrected chi connectivity index (χ1v) is 10.8. The molecule has 0 amide bonds. The molecule has 0 unspecified atom stereocenters. The zero-order valence-electron chi connectivity index (χ0n) is 15.5. The number of aromatic nitrogens is 4. The summed E-state index contributed by atoms with van der Waals surface area (Å²) in [5, 5.41) is 4.67. The fraction of sp³-hybridized carbons (Fsp3) is 0.0500. The summed E-state index contributed by atoms with van der Waals surface area (Å²) >= 11 is 5.83. The van der Waals surface area contributed by atoms with Crippen LogP contribution in [0.25, 0.3) is 5.82 Å². The quantitative estimate of drug-likeness (QED) is 0.464. The first-order chi connectivity index (χ1) is 14.5. The molecule has 0 aliphatic heterocycles. The first kappa shape index (κ1) is 19.9. The fourth-order valence-electron chi connectivity index (χ4n) is 2.64. The van der Waals surface area contributed by atoms with Crippen LogP contribution in [-0.2, 0) is 15.8 Å². The van der Waals surface area contributed by atoms with Gasteiger partial charge >= 0.3 is 0 Å². The molecule has 0 fully saturated rings. The van der Waals surface area contributed by atoms with E-state index in [0.717, 1.165) is 0 Å². The van der Waals surface area contributed by atoms with Gasteiger partial charge in [0.2, 0.25) is 15.9 Å². The lowest BCUT2D eigenvalue weighted by molar-refractivity contribution is 0.460. The van der Waals surface area contributed by atoms with Crippen molar-refractivity contribution in [2.75, 3.05) is 4.72 Å². The Morgan fingerprint density at radius 3 is 2.50 bits per heavy atom. The Hall–Kier alpha value is -3.43. The topological polar surface area (TPSA) is 99.0 Å². The van der Waals surface area contributed by atoms with Gasteiger partial charge in [0.05, 0.1) is 5.75 Å². The van der Waals surface area contributed by atoms with Gasteiger partial charge in [0.25, 0.3) is 0 Å². The lowest BCUT2D eigenvalue weighted by Crippen LogP contribution is -2.14. The lowest BCUT2D eigenvalue weighted by Gasteiger charge is -2.10. The highest BCUT2D eigenvalue weighted by Crippen LogP contribution is 2.23. The van der Waals surface area contributed by atoms with Crippen molar-refractivity contribution in [2.45, 2.75) is 5.75 Å². The Kier molecular flexibility index (Phi) is 5.64. The highest BCUT2D eigenvalue weighted by atomic mass is 35.5. The minimum absolute atomic E-state index is 0.153. The second-order valence-corrected chi connectivity index (χ2v) is 8.44. The van der Waals surface area contributed by atoms with Crippen LogP contribution in [0.4, 0.5) is 5.69 Å². The van der Waals surface area contributed by atoms with Gasteiger partial charge in [-0.15, -0.1) is 0 Å². The largest absolute Gasteiger partial charge is 0.439 e. The van der Waals surface area contributed by atoms with Crippen molar-refractivity contribution in [3.63, 3.8) is 0 Å². The maximum absolute atomic E-state index is 12.4. The maximum Gasteiger partial charge on any atom is 0.236 e. The summed E-state index contributed by atoms with van der Waals surface area (Å²) in [7, 11) is -3.57. The Bertz CT molecular complexity index is 1230. The molecular formula is C20H16ClN5O3S. The van der Waals surface area contributed by atoms with Crippen molar-refractivity contribution in [3.8, 4) is 17.4 Å². The zero-order chi connectivity index (χ0) is 21.0. The Labute approximate surface area is 178 Å². The Balaban J connectivity index is 1.42. The number of halogens is 1. The number of hydrogen-bond donors (Lipinski definition) is 1. The molecule has 0 radical (unpaired) electrons. The number of anilines is 1. The second-order valence-electron chi connectivity index (χ2n) is 6.28. The average molecular weight is 442 g/mol. The van der Waals surface area contributed by atoms with Crippen molar-refractivity contribution in [3.05, 3.63) is 90.0 Å². The van der Waals surface area contributed by atoms with E-state index in [9.17, 15) is 8.42 Å². The average Bonchev–Trinajstić information content (AvgIpc) is 3.26. The summed E-state index contributed by atoms with van der Waals surface area (Å²) < 4.78 is 34.6. The zero-order valence-corrected chi connectivity index (χ0v) is 17.1. The van der Waals surface area contributed by atoms with Crippen LogP contribution >= 0.6 is 11.6 Å². The molecule has 2 aromatic heterocycles. The minimum Gasteiger partial charge on any atom is -0.439 e. The van der Waals surface area contributed by atoms with Crippen molar-refractivity contribution >= 4 is 27.3 Å². The smallest absolute Gasteiger partial charge is 0.236 e. The predicted molar refractivity (Wildman–Crippen MR) is 113 cm³/mol. The number of hydrogen-bond acceptors (Lipinski definition) is 6. The van der Waals surface area contributed by atoms with E-state index < -0.39 is 10.0 Å². The highest BCUT2D eigenvalue weighted by Gasteiger charge is 2.12. The van der Waals surface area contributed by atoms with E-state index in [1.54, 1.807) is 77.7 Å². The van der Waals surface area contributed by atoms with Crippen LogP contribution in [-0.4, -0.2) is 28.2 Å². The fourth-order valence-corrected chi connectivity index (χ4v) is 3.97. The monoisotopic (exact) mass is 441 g/mol. The third-order valence-corrected chi connectivity index (χ3v) is 5.50. The molecule has 0 aliphatic carbocycles. The van der Waals surface area contributed by atoms with Gasteiger partial charge in [-0.3, -0.25) is 4.72 Å². The van der Waals surface area contributed by atoms with E-state index in [1.165, 1.54) is 6.33 Å². The van der Waals surface area contributed by atoms with Gasteiger partial charge in [0.15, 0.2) is 5.82 Å². The van der Waals surface area contributed by atoms with Gasteiger partial charge in [-0.05, 0) is 48.0 Å². The molecule has 4 rings (SSSR count). The maximum atomic E-state index is 12.4. The van der Waals surface area contributed by atoms with Crippen LogP contribution in [0.3, 0.4) is 0 Å². The number of ether oxygens (including phenoxy) is 1. The van der Waals surface area contributed by atoms with E-state index in [2.05, 4.69) is 19.8 Å². The summed E-state index contributed by atoms with van der Waals surface area (Å²) in [4.78, 5) is 8.23. The molecule has 0 bridgehead atoms. The SMILES string of the molecule is O=S(=O)(Cc1ccc(Cl)cc1)Nc1ccc(Oc2cc(-n3cccn3)ncn2)cc1. The van der Waals surface area contributed by atoms with E-state index in [-0.39, 0.29) is 5.75 Å². The van der Waals surface area contributed by atoms with Gasteiger partial charge in [-0.25, -0.2) is 23.1 Å². The van der Waals surface area contributed by atoms with Crippen LogP contribution < -0.4 is 9.46 Å². The minimum atomic E-state index is -3.57. The summed E-state index contributed by atoms with van der Waals surface area (Å²) in [6.07, 6.45) is 4.79. The van der Waals surface area contributed by atoms with E-state index >= 15 is 0 Å². The number of sulfonamides is 1. The third-order valence-electron chi connectivity index (χ3n) is 3.99. The van der Waals surface area contributed by atoms with E-state index in [0.29, 0.717) is 33.7 Å². The van der Waals surface area contributed by atoms with Crippen LogP contribution in [0.1, 0.15) is 5.56 Å². The predicted octanol–water partition coefficient (Wildman–Crippen LogP) is 4.05. The molecule has 8 nitrogen and oxygen atoms in total. The van der Waals surface area contributed by atoms with Crippen molar-refractivity contribution in [1.82, 2.24) is 19.7 Å². The highest BCUT2D eigenvalue weighted by molar-refractivity contribution is 7.91. The molecule has 1 N–H and O–H groups in total. The van der Waals surface area contributed by atoms with Crippen LogP contribution in [0.5, 0.6) is 11.6 Å². The summed E-state index contributed by atoms with van der Waals surface area (Å²) in [6.45, 7) is 0. The van der Waals surface area contributed by atoms with Crippen LogP contribution in [0.15, 0.2) is 79.4 Å². The van der Waals surface area contributed by atoms with Crippen LogP contribution in [0.2, 0.25) is 5.02 Å². The van der Waals surface area contributed by atoms with Crippen molar-refractivity contribution in [1.29, 1.82) is 0 Å². The molecule has 10 heteroatoms. The summed E-state index contributed by atoms with van der Waals surface area (Å²) in [5.41, 5.74) is 1.07. The van der Waals surface area contributed by atoms with Gasteiger partial charge in [-0.1, -0.05) is 23.7 Å². The molecule has 0 saturated carbocycles. The molecule has 2 aromatic carbocycles. The van der Waals surface area contributed by atoms with E-state index in [1.807, 2.05) is 0 Å². The van der Waals surface area contributed by atoms with Gasteiger partial charge in [0, 0.05) is 29.2 Å². The molecule has 30 heavy (non-hydrogen) atoms. The molecule has 0 aliphatic rings. The molecule has 4 aromatic rings. The number of nitrogens with one attached hydrogen (secondary N) is 1. The normalized spacial score (nSPS) is 11.2. The lowest BCUT2D eigenvalue weighted by atomic mass is 10.2. The van der Waals surface area contributed by atoms with Crippen molar-refractivity contribution < 1.29 is 13.2 Å². The van der Waals surface area contributed by atoms with Gasteiger partial charge in [0.1, 0.15) is 12.1 Å². The molecule has 0 atom stereocenters. The molecule has 0 spiro atoms. The standard InChI is InChI=1S/C20H16ClN5O3S/c21-16-4-2-15(3-5-16)13-30(27,28)25-17-6-8-18(9-7-17)29-20-12-19(22-14-23-20)26-11-1-10-24-26/h1-12,14,25H,13H2. The van der Waals surface area contributed by atoms with E-state index in [4.69, 9.17) is 16.3 Å². The molecular weight excluding hydrogens is 426 g/mol. The number of benzene rings is 2. The molecule has 2 heterocycles. The summed E-state index contributed by atoms with van der Waals surface area (Å²) in [6, 6.07) is 16.6. The van der Waals surface area contributed by atoms with Gasteiger partial charge < -0.3 is 4.74 Å². The van der Waals surface area contributed by atoms with Crippen LogP contribution in [0, 0.1) is 0 Å². The Morgan fingerprint density at radius 2 is 1.80 bits per heavy atom. The Morgan fingerprint density at radius 1 is 1.03 bits per heavy atom. The molecule has 152 valence electrons. The number of nitrogens with zero attached hydrogens (tertiary/aromatic N) is 4. The number of rotatable bonds is 7. The van der Waals surface area contributed by atoms with Crippen molar-refractivity contribution in [2.24, 2.45) is 0 Å². The van der Waals surface area contributed by atoms with Gasteiger partial charge in [-0.2, -0.15) is 5.10 Å². The third kappa shape index (κ3) is 5.13. The molecule has 0 saturated heterocycles.